The molecule has 2 atom stereocenters. The fraction of sp³-hybridized carbons (Fsp3) is 0.650. The highest BCUT2D eigenvalue weighted by Crippen LogP contribution is 2.20. The average molecular weight is 538 g/mol. The molecule has 166 valence electrons. The minimum absolute atomic E-state index is 0. The van der Waals surface area contributed by atoms with Crippen molar-refractivity contribution in [3.05, 3.63) is 29.8 Å². The molecule has 0 aliphatic carbocycles. The van der Waals surface area contributed by atoms with Gasteiger partial charge < -0.3 is 10.6 Å². The first-order chi connectivity index (χ1) is 13.2. The van der Waals surface area contributed by atoms with Gasteiger partial charge in [0.15, 0.2) is 5.96 Å². The molecular formula is C20H36IN5O2S. The predicted octanol–water partition coefficient (Wildman–Crippen LogP) is 2.34. The van der Waals surface area contributed by atoms with E-state index in [2.05, 4.69) is 41.3 Å². The summed E-state index contributed by atoms with van der Waals surface area (Å²) < 4.78 is 26.4. The number of nitrogens with zero attached hydrogens (tertiary/aromatic N) is 3. The number of aliphatic imine (C=N–C) groups is 1. The lowest BCUT2D eigenvalue weighted by Crippen LogP contribution is -2.46. The summed E-state index contributed by atoms with van der Waals surface area (Å²) in [4.78, 5) is 7.45. The van der Waals surface area contributed by atoms with Crippen LogP contribution in [0.15, 0.2) is 34.2 Å². The number of hydrogen-bond acceptors (Lipinski definition) is 4. The zero-order chi connectivity index (χ0) is 20.9. The van der Waals surface area contributed by atoms with E-state index in [0.717, 1.165) is 25.6 Å². The summed E-state index contributed by atoms with van der Waals surface area (Å²) in [5.41, 5.74) is 0.691. The molecule has 1 aromatic rings. The van der Waals surface area contributed by atoms with Crippen LogP contribution in [0.25, 0.3) is 0 Å². The quantitative estimate of drug-likeness (QED) is 0.317. The number of benzene rings is 1. The minimum atomic E-state index is -3.50. The number of hydrogen-bond donors (Lipinski definition) is 2. The van der Waals surface area contributed by atoms with Crippen LogP contribution in [0.2, 0.25) is 0 Å². The van der Waals surface area contributed by atoms with Gasteiger partial charge in [-0.3, -0.25) is 4.90 Å². The first-order valence-corrected chi connectivity index (χ1v) is 11.4. The molecule has 0 saturated carbocycles. The maximum atomic E-state index is 12.6. The Morgan fingerprint density at radius 1 is 1.28 bits per heavy atom. The normalized spacial score (nSPS) is 20.8. The molecule has 1 aromatic carbocycles. The number of guanidine groups is 1. The van der Waals surface area contributed by atoms with Crippen molar-refractivity contribution in [2.75, 3.05) is 33.7 Å². The smallest absolute Gasteiger partial charge is 0.242 e. The van der Waals surface area contributed by atoms with Gasteiger partial charge in [0, 0.05) is 45.8 Å². The summed E-state index contributed by atoms with van der Waals surface area (Å²) in [7, 11) is -0.410. The van der Waals surface area contributed by atoms with Gasteiger partial charge in [-0.15, -0.1) is 24.0 Å². The van der Waals surface area contributed by atoms with E-state index in [9.17, 15) is 8.42 Å². The summed E-state index contributed by atoms with van der Waals surface area (Å²) >= 11 is 0. The molecule has 2 N–H and O–H groups in total. The zero-order valence-electron chi connectivity index (χ0n) is 18.3. The molecule has 1 aliphatic heterocycles. The van der Waals surface area contributed by atoms with Gasteiger partial charge in [-0.2, -0.15) is 0 Å². The Labute approximate surface area is 193 Å². The second-order valence-corrected chi connectivity index (χ2v) is 9.99. The maximum Gasteiger partial charge on any atom is 0.242 e. The van der Waals surface area contributed by atoms with Crippen molar-refractivity contribution < 1.29 is 8.42 Å². The molecule has 1 heterocycles. The average Bonchev–Trinajstić information content (AvgIpc) is 3.01. The van der Waals surface area contributed by atoms with Gasteiger partial charge in [0.05, 0.1) is 11.4 Å². The minimum Gasteiger partial charge on any atom is -0.357 e. The van der Waals surface area contributed by atoms with Crippen LogP contribution in [0.4, 0.5) is 0 Å². The lowest BCUT2D eigenvalue weighted by Gasteiger charge is -2.22. The second-order valence-electron chi connectivity index (χ2n) is 7.87. The topological polar surface area (TPSA) is 77.0 Å². The SMILES string of the molecule is CCNC(=NCc1ccccc1S(=O)(=O)N(C)C)NC1CN(C(C)C)CC1C.I. The number of halogens is 1. The molecular weight excluding hydrogens is 501 g/mol. The van der Waals surface area contributed by atoms with Crippen LogP contribution in [-0.2, 0) is 16.6 Å². The van der Waals surface area contributed by atoms with Gasteiger partial charge >= 0.3 is 0 Å². The van der Waals surface area contributed by atoms with Gasteiger partial charge in [-0.1, -0.05) is 25.1 Å². The van der Waals surface area contributed by atoms with Crippen molar-refractivity contribution in [3.8, 4) is 0 Å². The summed E-state index contributed by atoms with van der Waals surface area (Å²) in [6, 6.07) is 7.90. The number of sulfonamides is 1. The molecule has 0 amide bonds. The third-order valence-electron chi connectivity index (χ3n) is 5.18. The zero-order valence-corrected chi connectivity index (χ0v) is 21.5. The Morgan fingerprint density at radius 3 is 2.48 bits per heavy atom. The largest absolute Gasteiger partial charge is 0.357 e. The van der Waals surface area contributed by atoms with Crippen molar-refractivity contribution in [3.63, 3.8) is 0 Å². The maximum absolute atomic E-state index is 12.6. The molecule has 0 bridgehead atoms. The monoisotopic (exact) mass is 537 g/mol. The molecule has 1 aliphatic rings. The van der Waals surface area contributed by atoms with Gasteiger partial charge in [0.1, 0.15) is 0 Å². The Morgan fingerprint density at radius 2 is 1.93 bits per heavy atom. The summed E-state index contributed by atoms with van der Waals surface area (Å²) in [5, 5.41) is 6.83. The molecule has 7 nitrogen and oxygen atoms in total. The Balaban J connectivity index is 0.00000420. The van der Waals surface area contributed by atoms with Crippen LogP contribution in [-0.4, -0.2) is 69.4 Å². The number of likely N-dealkylation sites (tertiary alicyclic amines) is 1. The Kier molecular flexibility index (Phi) is 10.3. The molecule has 29 heavy (non-hydrogen) atoms. The van der Waals surface area contributed by atoms with E-state index >= 15 is 0 Å². The third-order valence-corrected chi connectivity index (χ3v) is 7.09. The predicted molar refractivity (Wildman–Crippen MR) is 130 cm³/mol. The van der Waals surface area contributed by atoms with Crippen LogP contribution >= 0.6 is 24.0 Å². The lowest BCUT2D eigenvalue weighted by molar-refractivity contribution is 0.265. The molecule has 1 fully saturated rings. The molecule has 1 saturated heterocycles. The van der Waals surface area contributed by atoms with Crippen molar-refractivity contribution in [2.45, 2.75) is 51.2 Å². The van der Waals surface area contributed by atoms with Gasteiger partial charge in [-0.25, -0.2) is 17.7 Å². The molecule has 0 spiro atoms. The van der Waals surface area contributed by atoms with Crippen LogP contribution in [0.5, 0.6) is 0 Å². The van der Waals surface area contributed by atoms with Crippen molar-refractivity contribution in [1.29, 1.82) is 0 Å². The van der Waals surface area contributed by atoms with Crippen LogP contribution in [0.1, 0.15) is 33.3 Å². The van der Waals surface area contributed by atoms with Crippen LogP contribution in [0.3, 0.4) is 0 Å². The molecule has 2 rings (SSSR count). The molecule has 0 aromatic heterocycles. The lowest BCUT2D eigenvalue weighted by atomic mass is 10.1. The fourth-order valence-corrected chi connectivity index (χ4v) is 4.46. The van der Waals surface area contributed by atoms with Gasteiger partial charge in [0.2, 0.25) is 10.0 Å². The summed E-state index contributed by atoms with van der Waals surface area (Å²) in [6.07, 6.45) is 0. The van der Waals surface area contributed by atoms with E-state index in [1.54, 1.807) is 26.2 Å². The van der Waals surface area contributed by atoms with Gasteiger partial charge in [0.25, 0.3) is 0 Å². The van der Waals surface area contributed by atoms with E-state index in [-0.39, 0.29) is 24.0 Å². The van der Waals surface area contributed by atoms with E-state index in [1.165, 1.54) is 4.31 Å². The van der Waals surface area contributed by atoms with Crippen LogP contribution in [0, 0.1) is 5.92 Å². The van der Waals surface area contributed by atoms with Crippen molar-refractivity contribution >= 4 is 40.0 Å². The van der Waals surface area contributed by atoms with E-state index in [1.807, 2.05) is 19.1 Å². The highest BCUT2D eigenvalue weighted by Gasteiger charge is 2.31. The van der Waals surface area contributed by atoms with E-state index < -0.39 is 10.0 Å². The van der Waals surface area contributed by atoms with Crippen molar-refractivity contribution in [1.82, 2.24) is 19.8 Å². The standard InChI is InChI=1S/C20H35N5O2S.HI/c1-7-21-20(23-18-14-25(15(2)3)13-16(18)4)22-12-17-10-8-9-11-19(17)28(26,27)24(5)6;/h8-11,15-16,18H,7,12-14H2,1-6H3,(H2,21,22,23);1H. The van der Waals surface area contributed by atoms with E-state index in [0.29, 0.717) is 35.0 Å². The summed E-state index contributed by atoms with van der Waals surface area (Å²) in [5.74, 6) is 1.25. The molecule has 0 radical (unpaired) electrons. The molecule has 9 heteroatoms. The first kappa shape index (κ1) is 26.1. The Bertz CT molecular complexity index is 783. The second kappa shape index (κ2) is 11.5. The highest BCUT2D eigenvalue weighted by molar-refractivity contribution is 14.0. The fourth-order valence-electron chi connectivity index (χ4n) is 3.36. The third kappa shape index (κ3) is 6.80. The highest BCUT2D eigenvalue weighted by atomic mass is 127. The Hall–Kier alpha value is -0.910. The van der Waals surface area contributed by atoms with Crippen LogP contribution < -0.4 is 10.6 Å². The van der Waals surface area contributed by atoms with E-state index in [4.69, 9.17) is 0 Å². The first-order valence-electron chi connectivity index (χ1n) is 9.96. The summed E-state index contributed by atoms with van der Waals surface area (Å²) in [6.45, 7) is 11.8. The molecule has 2 unspecified atom stereocenters. The number of rotatable bonds is 7. The van der Waals surface area contributed by atoms with Crippen molar-refractivity contribution in [2.24, 2.45) is 10.9 Å². The van der Waals surface area contributed by atoms with Gasteiger partial charge in [-0.05, 0) is 38.3 Å². The number of nitrogens with one attached hydrogen (secondary N) is 2.